The number of likely N-dealkylation sites (tertiary alicyclic amines) is 1. The van der Waals surface area contributed by atoms with Crippen LogP contribution in [-0.2, 0) is 22.4 Å². The first-order chi connectivity index (χ1) is 14.5. The lowest BCUT2D eigenvalue weighted by Crippen LogP contribution is -2.49. The number of fused-ring (bicyclic) bond motifs is 1. The zero-order chi connectivity index (χ0) is 21.1. The summed E-state index contributed by atoms with van der Waals surface area (Å²) in [5.74, 6) is 0.0638. The topological polar surface area (TPSA) is 80.1 Å². The van der Waals surface area contributed by atoms with Gasteiger partial charge in [-0.15, -0.1) is 0 Å². The molecule has 2 fully saturated rings. The lowest BCUT2D eigenvalue weighted by molar-refractivity contribution is 0.00308. The van der Waals surface area contributed by atoms with E-state index in [9.17, 15) is 9.59 Å². The summed E-state index contributed by atoms with van der Waals surface area (Å²) in [7, 11) is 3.71. The summed E-state index contributed by atoms with van der Waals surface area (Å²) in [6, 6.07) is 0. The van der Waals surface area contributed by atoms with Crippen molar-refractivity contribution in [3.05, 3.63) is 17.5 Å². The van der Waals surface area contributed by atoms with Crippen molar-refractivity contribution in [1.29, 1.82) is 0 Å². The van der Waals surface area contributed by atoms with Crippen molar-refractivity contribution in [2.75, 3.05) is 60.0 Å². The van der Waals surface area contributed by atoms with Gasteiger partial charge in [-0.2, -0.15) is 5.10 Å². The zero-order valence-electron chi connectivity index (χ0n) is 18.1. The van der Waals surface area contributed by atoms with Crippen LogP contribution in [0.2, 0.25) is 0 Å². The SMILES string of the molecule is COCCN(C)CCN1CC2(CCN(C(=O)c3cnn4c3CCCC4)CC2)OC1=O. The predicted molar refractivity (Wildman–Crippen MR) is 110 cm³/mol. The molecule has 0 aromatic carbocycles. The Labute approximate surface area is 177 Å². The van der Waals surface area contributed by atoms with Gasteiger partial charge in [0.05, 0.1) is 30.6 Å². The zero-order valence-corrected chi connectivity index (χ0v) is 18.1. The maximum atomic E-state index is 13.1. The van der Waals surface area contributed by atoms with Crippen molar-refractivity contribution in [2.45, 2.75) is 44.2 Å². The second-order valence-corrected chi connectivity index (χ2v) is 8.75. The van der Waals surface area contributed by atoms with Gasteiger partial charge in [-0.1, -0.05) is 0 Å². The fraction of sp³-hybridized carbons (Fsp3) is 0.762. The van der Waals surface area contributed by atoms with E-state index in [2.05, 4.69) is 10.00 Å². The Morgan fingerprint density at radius 2 is 2.07 bits per heavy atom. The summed E-state index contributed by atoms with van der Waals surface area (Å²) >= 11 is 0. The molecule has 0 aliphatic carbocycles. The van der Waals surface area contributed by atoms with E-state index in [1.165, 1.54) is 0 Å². The highest BCUT2D eigenvalue weighted by Gasteiger charge is 2.47. The normalized spacial score (nSPS) is 20.7. The van der Waals surface area contributed by atoms with Crippen LogP contribution in [0, 0.1) is 0 Å². The van der Waals surface area contributed by atoms with Gasteiger partial charge < -0.3 is 24.2 Å². The van der Waals surface area contributed by atoms with Crippen LogP contribution >= 0.6 is 0 Å². The third-order valence-electron chi connectivity index (χ3n) is 6.64. The van der Waals surface area contributed by atoms with Gasteiger partial charge in [-0.3, -0.25) is 9.48 Å². The molecule has 1 spiro atoms. The average Bonchev–Trinajstić information content (AvgIpc) is 3.32. The minimum Gasteiger partial charge on any atom is -0.441 e. The minimum atomic E-state index is -0.461. The van der Waals surface area contributed by atoms with Gasteiger partial charge >= 0.3 is 6.09 Å². The molecule has 4 heterocycles. The largest absolute Gasteiger partial charge is 0.441 e. The van der Waals surface area contributed by atoms with E-state index < -0.39 is 5.60 Å². The summed E-state index contributed by atoms with van der Waals surface area (Å²) in [5.41, 5.74) is 1.36. The van der Waals surface area contributed by atoms with E-state index in [0.29, 0.717) is 45.6 Å². The molecule has 0 radical (unpaired) electrons. The number of nitrogens with zero attached hydrogens (tertiary/aromatic N) is 5. The van der Waals surface area contributed by atoms with Crippen LogP contribution in [0.1, 0.15) is 41.7 Å². The van der Waals surface area contributed by atoms with E-state index in [1.807, 2.05) is 16.6 Å². The van der Waals surface area contributed by atoms with Crippen molar-refractivity contribution < 1.29 is 19.1 Å². The molecule has 3 aliphatic rings. The molecule has 166 valence electrons. The monoisotopic (exact) mass is 419 g/mol. The first-order valence-corrected chi connectivity index (χ1v) is 11.0. The second-order valence-electron chi connectivity index (χ2n) is 8.75. The van der Waals surface area contributed by atoms with Crippen LogP contribution in [0.4, 0.5) is 4.79 Å². The summed E-state index contributed by atoms with van der Waals surface area (Å²) in [5, 5.41) is 4.40. The Morgan fingerprint density at radius 1 is 1.27 bits per heavy atom. The standard InChI is InChI=1S/C21H33N5O4/c1-23(13-14-29-2)11-12-25-16-21(30-20(25)28)6-9-24(10-7-21)19(27)17-15-22-26-8-4-3-5-18(17)26/h15H,3-14,16H2,1-2H3. The molecule has 1 aromatic rings. The molecule has 9 heteroatoms. The molecule has 0 N–H and O–H groups in total. The van der Waals surface area contributed by atoms with E-state index in [0.717, 1.165) is 50.2 Å². The maximum Gasteiger partial charge on any atom is 0.410 e. The Kier molecular flexibility index (Phi) is 6.29. The molecule has 4 rings (SSSR count). The number of piperidine rings is 1. The molecule has 0 bridgehead atoms. The van der Waals surface area contributed by atoms with Gasteiger partial charge in [0.15, 0.2) is 0 Å². The van der Waals surface area contributed by atoms with Crippen molar-refractivity contribution >= 4 is 12.0 Å². The molecular weight excluding hydrogens is 386 g/mol. The number of hydrogen-bond acceptors (Lipinski definition) is 6. The Morgan fingerprint density at radius 3 is 2.83 bits per heavy atom. The Bertz CT molecular complexity index is 771. The molecule has 9 nitrogen and oxygen atoms in total. The highest BCUT2D eigenvalue weighted by Crippen LogP contribution is 2.34. The van der Waals surface area contributed by atoms with Gasteiger partial charge in [0.1, 0.15) is 5.60 Å². The average molecular weight is 420 g/mol. The van der Waals surface area contributed by atoms with Gasteiger partial charge in [-0.05, 0) is 26.3 Å². The van der Waals surface area contributed by atoms with Crippen molar-refractivity contribution in [2.24, 2.45) is 0 Å². The number of carbonyl (C=O) groups excluding carboxylic acids is 2. The number of aryl methyl sites for hydroxylation is 1. The Hall–Kier alpha value is -2.13. The first-order valence-electron chi connectivity index (χ1n) is 11.0. The van der Waals surface area contributed by atoms with Crippen LogP contribution in [0.3, 0.4) is 0 Å². The van der Waals surface area contributed by atoms with Crippen molar-refractivity contribution in [1.82, 2.24) is 24.5 Å². The van der Waals surface area contributed by atoms with E-state index in [-0.39, 0.29) is 12.0 Å². The number of methoxy groups -OCH3 is 1. The van der Waals surface area contributed by atoms with Crippen LogP contribution < -0.4 is 0 Å². The molecule has 0 unspecified atom stereocenters. The highest BCUT2D eigenvalue weighted by molar-refractivity contribution is 5.95. The Balaban J connectivity index is 1.30. The van der Waals surface area contributed by atoms with E-state index in [1.54, 1.807) is 18.2 Å². The highest BCUT2D eigenvalue weighted by atomic mass is 16.6. The van der Waals surface area contributed by atoms with Crippen LogP contribution in [0.5, 0.6) is 0 Å². The third kappa shape index (κ3) is 4.32. The lowest BCUT2D eigenvalue weighted by atomic mass is 9.91. The van der Waals surface area contributed by atoms with Gasteiger partial charge in [0, 0.05) is 59.2 Å². The second kappa shape index (κ2) is 8.93. The number of hydrogen-bond donors (Lipinski definition) is 0. The third-order valence-corrected chi connectivity index (χ3v) is 6.64. The molecule has 30 heavy (non-hydrogen) atoms. The smallest absolute Gasteiger partial charge is 0.410 e. The maximum absolute atomic E-state index is 13.1. The molecule has 2 amide bonds. The molecule has 0 atom stereocenters. The number of amides is 2. The molecule has 3 aliphatic heterocycles. The van der Waals surface area contributed by atoms with E-state index >= 15 is 0 Å². The summed E-state index contributed by atoms with van der Waals surface area (Å²) < 4.78 is 12.9. The molecule has 0 saturated carbocycles. The first kappa shape index (κ1) is 21.1. The summed E-state index contributed by atoms with van der Waals surface area (Å²) in [6.07, 6.45) is 6.02. The fourth-order valence-corrected chi connectivity index (χ4v) is 4.66. The lowest BCUT2D eigenvalue weighted by Gasteiger charge is -2.37. The fourth-order valence-electron chi connectivity index (χ4n) is 4.66. The van der Waals surface area contributed by atoms with Gasteiger partial charge in [0.2, 0.25) is 0 Å². The molecule has 2 saturated heterocycles. The predicted octanol–water partition coefficient (Wildman–Crippen LogP) is 1.22. The summed E-state index contributed by atoms with van der Waals surface area (Å²) in [4.78, 5) is 31.3. The quantitative estimate of drug-likeness (QED) is 0.661. The van der Waals surface area contributed by atoms with E-state index in [4.69, 9.17) is 9.47 Å². The number of aromatic nitrogens is 2. The van der Waals surface area contributed by atoms with Gasteiger partial charge in [0.25, 0.3) is 5.91 Å². The molecular formula is C21H33N5O4. The van der Waals surface area contributed by atoms with Gasteiger partial charge in [-0.25, -0.2) is 4.79 Å². The number of likely N-dealkylation sites (N-methyl/N-ethyl adjacent to an activating group) is 1. The van der Waals surface area contributed by atoms with Crippen molar-refractivity contribution in [3.63, 3.8) is 0 Å². The minimum absolute atomic E-state index is 0.0638. The number of carbonyl (C=O) groups is 2. The van der Waals surface area contributed by atoms with Crippen LogP contribution in [0.25, 0.3) is 0 Å². The van der Waals surface area contributed by atoms with Crippen molar-refractivity contribution in [3.8, 4) is 0 Å². The number of rotatable bonds is 7. The molecule has 1 aromatic heterocycles. The van der Waals surface area contributed by atoms with Crippen LogP contribution in [-0.4, -0.2) is 102 Å². The summed E-state index contributed by atoms with van der Waals surface area (Å²) in [6.45, 7) is 5.66. The number of ether oxygens (including phenoxy) is 2. The van der Waals surface area contributed by atoms with Crippen LogP contribution in [0.15, 0.2) is 6.20 Å².